The number of carboxylic acids is 1. The maximum atomic E-state index is 11.0. The summed E-state index contributed by atoms with van der Waals surface area (Å²) in [4.78, 5) is 18.0. The van der Waals surface area contributed by atoms with Crippen molar-refractivity contribution >= 4 is 12.7 Å². The minimum Gasteiger partial charge on any atom is -0.477 e. The normalized spacial score (nSPS) is 16.9. The highest BCUT2D eigenvalue weighted by molar-refractivity contribution is 5.86. The molecule has 1 heterocycles. The minimum atomic E-state index is -0.900. The number of rotatable bonds is 4. The Morgan fingerprint density at radius 3 is 3.05 bits per heavy atom. The molecular formula is C16H16N2O2. The van der Waals surface area contributed by atoms with Crippen LogP contribution in [0.4, 0.5) is 0 Å². The second-order valence-corrected chi connectivity index (χ2v) is 5.14. The molecule has 4 nitrogen and oxygen atoms in total. The summed E-state index contributed by atoms with van der Waals surface area (Å²) < 4.78 is 0. The topological polar surface area (TPSA) is 65.5 Å². The number of hydrogen-bond acceptors (Lipinski definition) is 2. The van der Waals surface area contributed by atoms with Crippen LogP contribution >= 0.6 is 0 Å². The molecule has 2 aromatic rings. The molecule has 2 N–H and O–H groups in total. The van der Waals surface area contributed by atoms with E-state index in [4.69, 9.17) is 5.11 Å². The van der Waals surface area contributed by atoms with Gasteiger partial charge in [-0.25, -0.2) is 4.79 Å². The van der Waals surface area contributed by atoms with Crippen LogP contribution in [0, 0.1) is 0 Å². The van der Waals surface area contributed by atoms with Gasteiger partial charge < -0.3 is 10.1 Å². The van der Waals surface area contributed by atoms with Gasteiger partial charge in [-0.05, 0) is 42.3 Å². The number of carboxylic acid groups (broad SMARTS) is 1. The van der Waals surface area contributed by atoms with E-state index in [1.165, 1.54) is 5.56 Å². The maximum Gasteiger partial charge on any atom is 0.352 e. The molecule has 4 heteroatoms. The van der Waals surface area contributed by atoms with E-state index in [1.807, 2.05) is 12.1 Å². The number of aromatic amines is 1. The lowest BCUT2D eigenvalue weighted by molar-refractivity contribution is 0.0691. The second kappa shape index (κ2) is 4.96. The molecule has 0 radical (unpaired) electrons. The van der Waals surface area contributed by atoms with Crippen molar-refractivity contribution in [1.29, 1.82) is 0 Å². The maximum absolute atomic E-state index is 11.0. The fourth-order valence-electron chi connectivity index (χ4n) is 2.97. The van der Waals surface area contributed by atoms with Crippen molar-refractivity contribution in [3.63, 3.8) is 0 Å². The van der Waals surface area contributed by atoms with Crippen molar-refractivity contribution in [3.8, 4) is 0 Å². The Labute approximate surface area is 117 Å². The number of fused-ring (bicyclic) bond motifs is 1. The van der Waals surface area contributed by atoms with Crippen molar-refractivity contribution in [1.82, 2.24) is 4.98 Å². The molecule has 1 aliphatic carbocycles. The van der Waals surface area contributed by atoms with Gasteiger partial charge in [-0.2, -0.15) is 0 Å². The van der Waals surface area contributed by atoms with Crippen molar-refractivity contribution in [2.75, 3.05) is 0 Å². The number of aromatic carboxylic acids is 1. The number of aliphatic imine (C=N–C) groups is 1. The van der Waals surface area contributed by atoms with Crippen molar-refractivity contribution in [2.45, 2.75) is 25.3 Å². The minimum absolute atomic E-state index is 0.277. The fourth-order valence-corrected chi connectivity index (χ4v) is 2.97. The number of hydrogen-bond donors (Lipinski definition) is 2. The molecule has 0 saturated carbocycles. The van der Waals surface area contributed by atoms with Gasteiger partial charge in [-0.3, -0.25) is 4.99 Å². The summed E-state index contributed by atoms with van der Waals surface area (Å²) >= 11 is 0. The van der Waals surface area contributed by atoms with Crippen LogP contribution in [0.15, 0.2) is 35.3 Å². The fraction of sp³-hybridized carbons (Fsp3) is 0.250. The third-order valence-corrected chi connectivity index (χ3v) is 3.87. The number of benzene rings is 1. The molecule has 102 valence electrons. The standard InChI is InChI=1S/C16H16N2O2/c1-17-9-10-3-2-4-11(7-10)12-5-6-14-13(12)8-15(18-14)16(19)20/h2-4,7-8,12,18H,1,5-6,9H2,(H,19,20). The molecule has 0 bridgehead atoms. The van der Waals surface area contributed by atoms with E-state index < -0.39 is 5.97 Å². The van der Waals surface area contributed by atoms with E-state index in [1.54, 1.807) is 6.07 Å². The number of carbonyl (C=O) groups is 1. The number of aromatic nitrogens is 1. The zero-order valence-electron chi connectivity index (χ0n) is 11.1. The zero-order valence-corrected chi connectivity index (χ0v) is 11.1. The third kappa shape index (κ3) is 2.13. The first-order valence-electron chi connectivity index (χ1n) is 6.65. The highest BCUT2D eigenvalue weighted by atomic mass is 16.4. The predicted octanol–water partition coefficient (Wildman–Crippen LogP) is 2.99. The lowest BCUT2D eigenvalue weighted by Gasteiger charge is -2.11. The van der Waals surface area contributed by atoms with Gasteiger partial charge >= 0.3 is 5.97 Å². The van der Waals surface area contributed by atoms with Gasteiger partial charge in [0.15, 0.2) is 0 Å². The Balaban J connectivity index is 1.95. The van der Waals surface area contributed by atoms with Gasteiger partial charge in [0, 0.05) is 11.6 Å². The quantitative estimate of drug-likeness (QED) is 0.837. The van der Waals surface area contributed by atoms with E-state index in [2.05, 4.69) is 28.8 Å². The third-order valence-electron chi connectivity index (χ3n) is 3.87. The molecule has 0 amide bonds. The Hall–Kier alpha value is -2.36. The molecule has 0 spiro atoms. The summed E-state index contributed by atoms with van der Waals surface area (Å²) in [6.07, 6.45) is 1.92. The van der Waals surface area contributed by atoms with Crippen LogP contribution in [-0.4, -0.2) is 22.8 Å². The van der Waals surface area contributed by atoms with Gasteiger partial charge in [0.1, 0.15) is 5.69 Å². The molecule has 20 heavy (non-hydrogen) atoms. The molecule has 1 atom stereocenters. The molecule has 0 saturated heterocycles. The van der Waals surface area contributed by atoms with Gasteiger partial charge in [0.2, 0.25) is 0 Å². The largest absolute Gasteiger partial charge is 0.477 e. The van der Waals surface area contributed by atoms with Crippen LogP contribution in [0.5, 0.6) is 0 Å². The Kier molecular flexibility index (Phi) is 3.14. The van der Waals surface area contributed by atoms with E-state index in [9.17, 15) is 4.79 Å². The average molecular weight is 268 g/mol. The van der Waals surface area contributed by atoms with E-state index in [-0.39, 0.29) is 11.6 Å². The summed E-state index contributed by atoms with van der Waals surface area (Å²) in [6, 6.07) is 10.1. The number of nitrogens with one attached hydrogen (secondary N) is 1. The molecule has 0 aliphatic heterocycles. The van der Waals surface area contributed by atoms with Crippen LogP contribution in [0.3, 0.4) is 0 Å². The van der Waals surface area contributed by atoms with Crippen molar-refractivity contribution in [3.05, 3.63) is 58.4 Å². The zero-order chi connectivity index (χ0) is 14.1. The van der Waals surface area contributed by atoms with Crippen molar-refractivity contribution < 1.29 is 9.90 Å². The van der Waals surface area contributed by atoms with E-state index in [0.717, 1.165) is 29.7 Å². The Morgan fingerprint density at radius 1 is 1.45 bits per heavy atom. The summed E-state index contributed by atoms with van der Waals surface area (Å²) in [5.41, 5.74) is 4.81. The lowest BCUT2D eigenvalue weighted by Crippen LogP contribution is -1.99. The molecule has 0 fully saturated rings. The van der Waals surface area contributed by atoms with Crippen LogP contribution in [0.1, 0.15) is 45.2 Å². The van der Waals surface area contributed by atoms with Gasteiger partial charge in [-0.1, -0.05) is 24.3 Å². The monoisotopic (exact) mass is 268 g/mol. The summed E-state index contributed by atoms with van der Waals surface area (Å²) in [5.74, 6) is -0.623. The van der Waals surface area contributed by atoms with Crippen molar-refractivity contribution in [2.24, 2.45) is 4.99 Å². The highest BCUT2D eigenvalue weighted by Crippen LogP contribution is 2.38. The van der Waals surface area contributed by atoms with Crippen LogP contribution in [0.25, 0.3) is 0 Å². The van der Waals surface area contributed by atoms with Gasteiger partial charge in [0.25, 0.3) is 0 Å². The molecule has 3 rings (SSSR count). The first-order chi connectivity index (χ1) is 9.69. The highest BCUT2D eigenvalue weighted by Gasteiger charge is 2.27. The van der Waals surface area contributed by atoms with Crippen LogP contribution in [-0.2, 0) is 13.0 Å². The predicted molar refractivity (Wildman–Crippen MR) is 77.6 cm³/mol. The van der Waals surface area contributed by atoms with E-state index in [0.29, 0.717) is 6.54 Å². The molecule has 1 aliphatic rings. The smallest absolute Gasteiger partial charge is 0.352 e. The molecule has 1 aromatic heterocycles. The Morgan fingerprint density at radius 2 is 2.30 bits per heavy atom. The van der Waals surface area contributed by atoms with Gasteiger partial charge in [-0.15, -0.1) is 0 Å². The first kappa shape index (κ1) is 12.7. The summed E-state index contributed by atoms with van der Waals surface area (Å²) in [6.45, 7) is 4.13. The van der Waals surface area contributed by atoms with Crippen LogP contribution < -0.4 is 0 Å². The lowest BCUT2D eigenvalue weighted by atomic mass is 9.93. The second-order valence-electron chi connectivity index (χ2n) is 5.14. The Bertz CT molecular complexity index is 673. The molecule has 1 aromatic carbocycles. The number of H-pyrrole nitrogens is 1. The first-order valence-corrected chi connectivity index (χ1v) is 6.65. The van der Waals surface area contributed by atoms with E-state index >= 15 is 0 Å². The summed E-state index contributed by atoms with van der Waals surface area (Å²) in [5, 5.41) is 9.06. The average Bonchev–Trinajstić information content (AvgIpc) is 2.98. The molecule has 1 unspecified atom stereocenters. The number of aryl methyl sites for hydroxylation is 1. The van der Waals surface area contributed by atoms with Gasteiger partial charge in [0.05, 0.1) is 6.54 Å². The number of nitrogens with zero attached hydrogens (tertiary/aromatic N) is 1. The molecular weight excluding hydrogens is 252 g/mol. The summed E-state index contributed by atoms with van der Waals surface area (Å²) in [7, 11) is 0. The van der Waals surface area contributed by atoms with Crippen LogP contribution in [0.2, 0.25) is 0 Å². The SMILES string of the molecule is C=NCc1cccc(C2CCc3[nH]c(C(=O)O)cc32)c1.